The van der Waals surface area contributed by atoms with Crippen molar-refractivity contribution in [1.29, 1.82) is 0 Å². The summed E-state index contributed by atoms with van der Waals surface area (Å²) in [5.74, 6) is 0.322. The Balaban J connectivity index is 3.29. The maximum absolute atomic E-state index is 12.2. The summed E-state index contributed by atoms with van der Waals surface area (Å²) in [5.41, 5.74) is -0.895. The second kappa shape index (κ2) is 11.2. The molecule has 1 aromatic rings. The number of rotatable bonds is 9. The van der Waals surface area contributed by atoms with E-state index in [0.717, 1.165) is 35.7 Å². The van der Waals surface area contributed by atoms with Gasteiger partial charge in [0.2, 0.25) is 0 Å². The summed E-state index contributed by atoms with van der Waals surface area (Å²) in [7, 11) is -4.92. The number of phosphoric acid groups is 1. The third kappa shape index (κ3) is 9.23. The van der Waals surface area contributed by atoms with Gasteiger partial charge in [0.05, 0.1) is 4.92 Å². The number of nitrogens with zero attached hydrogens (tertiary/aromatic N) is 1. The van der Waals surface area contributed by atoms with E-state index in [4.69, 9.17) is 4.52 Å². The molecule has 0 aliphatic rings. The molecule has 0 fully saturated rings. The van der Waals surface area contributed by atoms with Crippen LogP contribution in [0.15, 0.2) is 12.1 Å². The summed E-state index contributed by atoms with van der Waals surface area (Å²) in [5, 5.41) is 11.5. The Hall–Kier alpha value is -1.39. The van der Waals surface area contributed by atoms with E-state index in [1.807, 2.05) is 0 Å². The monoisotopic (exact) mass is 507 g/mol. The maximum Gasteiger partial charge on any atom is 0.524 e. The molecule has 0 heterocycles. The van der Waals surface area contributed by atoms with Crippen LogP contribution in [-0.4, -0.2) is 36.4 Å². The van der Waals surface area contributed by atoms with Crippen LogP contribution in [0.3, 0.4) is 0 Å². The van der Waals surface area contributed by atoms with Crippen LogP contribution >= 0.6 is 31.3 Å². The lowest BCUT2D eigenvalue weighted by molar-refractivity contribution is -0.385. The minimum Gasteiger partial charge on any atom is -0.404 e. The summed E-state index contributed by atoms with van der Waals surface area (Å²) in [6.45, 7) is 10.6. The number of carbonyl (C=O) groups is 2. The lowest BCUT2D eigenvalue weighted by Crippen LogP contribution is -2.18. The summed E-state index contributed by atoms with van der Waals surface area (Å²) < 4.78 is 16.2. The molecule has 0 saturated heterocycles. The van der Waals surface area contributed by atoms with Crippen LogP contribution in [0.2, 0.25) is 0 Å². The zero-order chi connectivity index (χ0) is 24.9. The highest BCUT2D eigenvalue weighted by molar-refractivity contribution is 8.14. The van der Waals surface area contributed by atoms with E-state index in [1.54, 1.807) is 41.5 Å². The van der Waals surface area contributed by atoms with Gasteiger partial charge in [0.25, 0.3) is 5.69 Å². The van der Waals surface area contributed by atoms with Crippen LogP contribution < -0.4 is 4.52 Å². The molecule has 0 saturated carbocycles. The molecule has 1 aromatic carbocycles. The molecular formula is C20H30NO8PS2. The molecule has 0 aliphatic carbocycles. The Labute approximate surface area is 196 Å². The molecule has 0 radical (unpaired) electrons. The SMILES string of the molecule is CC(C)(C)C(=O)SCCc1c(OP(=O)(O)O)ccc([N+](=O)[O-])c1CCSC(=O)C(C)(C)C. The number of carbonyl (C=O) groups excluding carboxylic acids is 2. The van der Waals surface area contributed by atoms with Gasteiger partial charge in [0, 0.05) is 39.5 Å². The normalized spacial score (nSPS) is 12.5. The minimum atomic E-state index is -4.92. The van der Waals surface area contributed by atoms with E-state index in [2.05, 4.69) is 0 Å². The molecule has 32 heavy (non-hydrogen) atoms. The molecule has 12 heteroatoms. The van der Waals surface area contributed by atoms with Gasteiger partial charge in [-0.15, -0.1) is 0 Å². The highest BCUT2D eigenvalue weighted by Crippen LogP contribution is 2.42. The molecular weight excluding hydrogens is 477 g/mol. The smallest absolute Gasteiger partial charge is 0.404 e. The summed E-state index contributed by atoms with van der Waals surface area (Å²) >= 11 is 2.09. The number of nitro benzene ring substituents is 1. The van der Waals surface area contributed by atoms with Gasteiger partial charge in [0.15, 0.2) is 10.2 Å². The Morgan fingerprint density at radius 3 is 1.78 bits per heavy atom. The van der Waals surface area contributed by atoms with Gasteiger partial charge >= 0.3 is 7.82 Å². The maximum atomic E-state index is 12.2. The molecule has 180 valence electrons. The molecule has 0 spiro atoms. The zero-order valence-corrected chi connectivity index (χ0v) is 21.6. The number of hydrogen-bond donors (Lipinski definition) is 2. The van der Waals surface area contributed by atoms with Gasteiger partial charge in [-0.2, -0.15) is 0 Å². The third-order valence-electron chi connectivity index (χ3n) is 4.17. The second-order valence-corrected chi connectivity index (χ2v) is 12.4. The fraction of sp³-hybridized carbons (Fsp3) is 0.600. The van der Waals surface area contributed by atoms with E-state index in [0.29, 0.717) is 0 Å². The molecule has 0 aromatic heterocycles. The van der Waals surface area contributed by atoms with E-state index < -0.39 is 23.6 Å². The standard InChI is InChI=1S/C20H30NO8PS2/c1-19(2,3)17(22)31-11-9-13-14(10-12-32-18(23)20(4,5)6)16(29-30(26,27)28)8-7-15(13)21(24)25/h7-8H,9-12H2,1-6H3,(H2,26,27,28). The Morgan fingerprint density at radius 2 is 1.41 bits per heavy atom. The zero-order valence-electron chi connectivity index (χ0n) is 19.0. The summed E-state index contributed by atoms with van der Waals surface area (Å²) in [6.07, 6.45) is 0.241. The predicted molar refractivity (Wildman–Crippen MR) is 127 cm³/mol. The highest BCUT2D eigenvalue weighted by atomic mass is 32.2. The van der Waals surface area contributed by atoms with E-state index >= 15 is 0 Å². The van der Waals surface area contributed by atoms with E-state index in [-0.39, 0.29) is 57.1 Å². The number of nitro groups is 1. The number of benzene rings is 1. The van der Waals surface area contributed by atoms with Crippen LogP contribution in [0.25, 0.3) is 0 Å². The van der Waals surface area contributed by atoms with Gasteiger partial charge in [-0.25, -0.2) is 4.57 Å². The Kier molecular flexibility index (Phi) is 9.99. The largest absolute Gasteiger partial charge is 0.524 e. The first-order valence-electron chi connectivity index (χ1n) is 9.82. The Morgan fingerprint density at radius 1 is 0.969 bits per heavy atom. The number of thioether (sulfide) groups is 2. The van der Waals surface area contributed by atoms with Crippen molar-refractivity contribution >= 4 is 47.3 Å². The summed E-state index contributed by atoms with van der Waals surface area (Å²) in [4.78, 5) is 54.0. The van der Waals surface area contributed by atoms with Gasteiger partial charge in [-0.1, -0.05) is 65.1 Å². The predicted octanol–water partition coefficient (Wildman–Crippen LogP) is 4.76. The van der Waals surface area contributed by atoms with Crippen LogP contribution in [0.5, 0.6) is 5.75 Å². The van der Waals surface area contributed by atoms with Crippen LogP contribution in [0.1, 0.15) is 52.7 Å². The lowest BCUT2D eigenvalue weighted by Gasteiger charge is -2.19. The molecule has 0 atom stereocenters. The topological polar surface area (TPSA) is 144 Å². The van der Waals surface area contributed by atoms with Crippen LogP contribution in [0.4, 0.5) is 5.69 Å². The van der Waals surface area contributed by atoms with Crippen LogP contribution in [0, 0.1) is 20.9 Å². The van der Waals surface area contributed by atoms with Crippen LogP contribution in [-0.2, 0) is 27.0 Å². The minimum absolute atomic E-state index is 0.0735. The fourth-order valence-electron chi connectivity index (χ4n) is 2.52. The molecule has 0 aliphatic heterocycles. The highest BCUT2D eigenvalue weighted by Gasteiger charge is 2.28. The third-order valence-corrected chi connectivity index (χ3v) is 7.17. The van der Waals surface area contributed by atoms with E-state index in [9.17, 15) is 34.1 Å². The van der Waals surface area contributed by atoms with Crippen molar-refractivity contribution in [2.24, 2.45) is 10.8 Å². The molecule has 0 unspecified atom stereocenters. The average molecular weight is 508 g/mol. The first kappa shape index (κ1) is 28.6. The molecule has 0 bridgehead atoms. The van der Waals surface area contributed by atoms with Gasteiger partial charge in [-0.3, -0.25) is 29.5 Å². The Bertz CT molecular complexity index is 915. The second-order valence-electron chi connectivity index (χ2n) is 9.15. The molecule has 1 rings (SSSR count). The van der Waals surface area contributed by atoms with Crippen molar-refractivity contribution in [3.63, 3.8) is 0 Å². The van der Waals surface area contributed by atoms with Gasteiger partial charge in [-0.05, 0) is 18.9 Å². The first-order valence-corrected chi connectivity index (χ1v) is 13.3. The van der Waals surface area contributed by atoms with Crippen molar-refractivity contribution in [1.82, 2.24) is 0 Å². The first-order chi connectivity index (χ1) is 14.4. The van der Waals surface area contributed by atoms with Gasteiger partial charge in [0.1, 0.15) is 5.75 Å². The average Bonchev–Trinajstić information content (AvgIpc) is 2.60. The quantitative estimate of drug-likeness (QED) is 0.272. The fourth-order valence-corrected chi connectivity index (χ4v) is 4.80. The summed E-state index contributed by atoms with van der Waals surface area (Å²) in [6, 6.07) is 2.28. The van der Waals surface area contributed by atoms with Gasteiger partial charge < -0.3 is 4.52 Å². The van der Waals surface area contributed by atoms with E-state index in [1.165, 1.54) is 0 Å². The van der Waals surface area contributed by atoms with Crippen molar-refractivity contribution in [3.8, 4) is 5.75 Å². The van der Waals surface area contributed by atoms with Crippen molar-refractivity contribution in [2.45, 2.75) is 54.4 Å². The molecule has 2 N–H and O–H groups in total. The van der Waals surface area contributed by atoms with Crippen molar-refractivity contribution in [2.75, 3.05) is 11.5 Å². The lowest BCUT2D eigenvalue weighted by atomic mass is 9.99. The molecule has 0 amide bonds. The van der Waals surface area contributed by atoms with Crippen molar-refractivity contribution in [3.05, 3.63) is 33.4 Å². The molecule has 9 nitrogen and oxygen atoms in total. The van der Waals surface area contributed by atoms with Crippen molar-refractivity contribution < 1.29 is 33.4 Å². The number of hydrogen-bond acceptors (Lipinski definition) is 8. The number of phosphoric ester groups is 1.